The van der Waals surface area contributed by atoms with Crippen LogP contribution < -0.4 is 15.4 Å². The van der Waals surface area contributed by atoms with Crippen molar-refractivity contribution in [3.63, 3.8) is 0 Å². The van der Waals surface area contributed by atoms with Crippen molar-refractivity contribution in [3.8, 4) is 5.75 Å². The van der Waals surface area contributed by atoms with Crippen molar-refractivity contribution in [1.29, 1.82) is 0 Å². The second-order valence-corrected chi connectivity index (χ2v) is 3.47. The second kappa shape index (κ2) is 6.23. The van der Waals surface area contributed by atoms with Crippen LogP contribution in [0.15, 0.2) is 18.2 Å². The fourth-order valence-corrected chi connectivity index (χ4v) is 1.64. The Morgan fingerprint density at radius 2 is 2.06 bits per heavy atom. The number of likely N-dealkylation sites (N-methyl/N-ethyl adjacent to an activating group) is 1. The Morgan fingerprint density at radius 1 is 1.31 bits per heavy atom. The average molecular weight is 224 g/mol. The molecule has 4 heteroatoms. The predicted octanol–water partition coefficient (Wildman–Crippen LogP) is 1.75. The number of nitrogens with zero attached hydrogens (tertiary/aromatic N) is 1. The SMILES string of the molecule is CCN(CCOC)c1cccc(OC)c1N. The fraction of sp³-hybridized carbons (Fsp3) is 0.500. The third kappa shape index (κ3) is 2.79. The number of nitrogens with two attached hydrogens (primary N) is 1. The minimum Gasteiger partial charge on any atom is -0.495 e. The van der Waals surface area contributed by atoms with E-state index in [-0.39, 0.29) is 0 Å². The third-order valence-electron chi connectivity index (χ3n) is 2.55. The molecule has 0 aliphatic rings. The van der Waals surface area contributed by atoms with E-state index in [1.165, 1.54) is 0 Å². The van der Waals surface area contributed by atoms with Crippen LogP contribution in [0.4, 0.5) is 11.4 Å². The first-order valence-corrected chi connectivity index (χ1v) is 5.41. The molecule has 0 aromatic heterocycles. The molecule has 0 fully saturated rings. The summed E-state index contributed by atoms with van der Waals surface area (Å²) in [5.41, 5.74) is 7.72. The van der Waals surface area contributed by atoms with Gasteiger partial charge in [-0.2, -0.15) is 0 Å². The summed E-state index contributed by atoms with van der Waals surface area (Å²) in [6, 6.07) is 5.81. The van der Waals surface area contributed by atoms with E-state index in [9.17, 15) is 0 Å². The number of ether oxygens (including phenoxy) is 2. The van der Waals surface area contributed by atoms with Gasteiger partial charge < -0.3 is 20.1 Å². The highest BCUT2D eigenvalue weighted by Crippen LogP contribution is 2.31. The molecule has 0 radical (unpaired) electrons. The molecule has 0 saturated heterocycles. The highest BCUT2D eigenvalue weighted by molar-refractivity contribution is 5.74. The molecule has 90 valence electrons. The molecule has 0 saturated carbocycles. The number of benzene rings is 1. The minimum atomic E-state index is 0.683. The predicted molar refractivity (Wildman–Crippen MR) is 67.2 cm³/mol. The van der Waals surface area contributed by atoms with Gasteiger partial charge in [0, 0.05) is 20.2 Å². The molecule has 0 amide bonds. The maximum atomic E-state index is 6.03. The van der Waals surface area contributed by atoms with E-state index in [1.54, 1.807) is 14.2 Å². The third-order valence-corrected chi connectivity index (χ3v) is 2.55. The van der Waals surface area contributed by atoms with E-state index in [0.717, 1.165) is 18.8 Å². The number of para-hydroxylation sites is 1. The summed E-state index contributed by atoms with van der Waals surface area (Å²) in [6.45, 7) is 4.49. The number of hydrogen-bond donors (Lipinski definition) is 1. The molecular formula is C12H20N2O2. The van der Waals surface area contributed by atoms with Crippen molar-refractivity contribution < 1.29 is 9.47 Å². The second-order valence-electron chi connectivity index (χ2n) is 3.47. The topological polar surface area (TPSA) is 47.7 Å². The average Bonchev–Trinajstić information content (AvgIpc) is 2.32. The van der Waals surface area contributed by atoms with E-state index in [2.05, 4.69) is 11.8 Å². The van der Waals surface area contributed by atoms with Crippen molar-refractivity contribution in [2.24, 2.45) is 0 Å². The number of nitrogen functional groups attached to an aromatic ring is 1. The molecule has 0 aliphatic carbocycles. The fourth-order valence-electron chi connectivity index (χ4n) is 1.64. The zero-order valence-corrected chi connectivity index (χ0v) is 10.2. The van der Waals surface area contributed by atoms with E-state index in [1.807, 2.05) is 18.2 Å². The minimum absolute atomic E-state index is 0.683. The molecule has 1 aromatic rings. The number of rotatable bonds is 6. The van der Waals surface area contributed by atoms with Crippen LogP contribution in [0.2, 0.25) is 0 Å². The quantitative estimate of drug-likeness (QED) is 0.748. The van der Waals surface area contributed by atoms with Gasteiger partial charge in [-0.3, -0.25) is 0 Å². The monoisotopic (exact) mass is 224 g/mol. The van der Waals surface area contributed by atoms with E-state index >= 15 is 0 Å². The molecule has 0 aliphatic heterocycles. The van der Waals surface area contributed by atoms with Crippen molar-refractivity contribution >= 4 is 11.4 Å². The van der Waals surface area contributed by atoms with Gasteiger partial charge in [0.05, 0.1) is 25.1 Å². The van der Waals surface area contributed by atoms with Crippen molar-refractivity contribution in [2.75, 3.05) is 44.5 Å². The van der Waals surface area contributed by atoms with Crippen LogP contribution in [0.1, 0.15) is 6.92 Å². The number of hydrogen-bond acceptors (Lipinski definition) is 4. The van der Waals surface area contributed by atoms with E-state index in [4.69, 9.17) is 15.2 Å². The Bertz CT molecular complexity index is 329. The van der Waals surface area contributed by atoms with Gasteiger partial charge in [-0.25, -0.2) is 0 Å². The highest BCUT2D eigenvalue weighted by atomic mass is 16.5. The van der Waals surface area contributed by atoms with Gasteiger partial charge in [-0.1, -0.05) is 6.07 Å². The van der Waals surface area contributed by atoms with Crippen LogP contribution in [0.5, 0.6) is 5.75 Å². The molecule has 1 rings (SSSR count). The van der Waals surface area contributed by atoms with Crippen molar-refractivity contribution in [3.05, 3.63) is 18.2 Å². The van der Waals surface area contributed by atoms with Gasteiger partial charge in [0.25, 0.3) is 0 Å². The van der Waals surface area contributed by atoms with Gasteiger partial charge in [0.1, 0.15) is 5.75 Å². The largest absolute Gasteiger partial charge is 0.495 e. The van der Waals surface area contributed by atoms with Crippen molar-refractivity contribution in [2.45, 2.75) is 6.92 Å². The lowest BCUT2D eigenvalue weighted by Gasteiger charge is -2.24. The molecule has 0 atom stereocenters. The molecule has 0 spiro atoms. The van der Waals surface area contributed by atoms with Crippen LogP contribution in [0.3, 0.4) is 0 Å². The van der Waals surface area contributed by atoms with Crippen LogP contribution in [-0.4, -0.2) is 33.9 Å². The Labute approximate surface area is 96.9 Å². The van der Waals surface area contributed by atoms with Gasteiger partial charge in [0.15, 0.2) is 0 Å². The zero-order chi connectivity index (χ0) is 12.0. The molecule has 2 N–H and O–H groups in total. The summed E-state index contributed by atoms with van der Waals surface area (Å²) in [5.74, 6) is 0.716. The zero-order valence-electron chi connectivity index (χ0n) is 10.2. The summed E-state index contributed by atoms with van der Waals surface area (Å²) in [7, 11) is 3.32. The lowest BCUT2D eigenvalue weighted by Crippen LogP contribution is -2.27. The molecule has 0 bridgehead atoms. The van der Waals surface area contributed by atoms with E-state index in [0.29, 0.717) is 18.0 Å². The first-order valence-electron chi connectivity index (χ1n) is 5.41. The molecule has 0 unspecified atom stereocenters. The molecule has 16 heavy (non-hydrogen) atoms. The summed E-state index contributed by atoms with van der Waals surface area (Å²) in [6.07, 6.45) is 0. The molecule has 1 aromatic carbocycles. The first-order chi connectivity index (χ1) is 7.74. The Hall–Kier alpha value is -1.42. The lowest BCUT2D eigenvalue weighted by molar-refractivity contribution is 0.205. The Balaban J connectivity index is 2.91. The van der Waals surface area contributed by atoms with Crippen molar-refractivity contribution in [1.82, 2.24) is 0 Å². The van der Waals surface area contributed by atoms with Crippen LogP contribution in [0, 0.1) is 0 Å². The van der Waals surface area contributed by atoms with Gasteiger partial charge >= 0.3 is 0 Å². The maximum Gasteiger partial charge on any atom is 0.143 e. The summed E-state index contributed by atoms with van der Waals surface area (Å²) >= 11 is 0. The summed E-state index contributed by atoms with van der Waals surface area (Å²) in [4.78, 5) is 2.17. The smallest absolute Gasteiger partial charge is 0.143 e. The highest BCUT2D eigenvalue weighted by Gasteiger charge is 2.10. The van der Waals surface area contributed by atoms with Crippen LogP contribution in [-0.2, 0) is 4.74 Å². The number of anilines is 2. The molecular weight excluding hydrogens is 204 g/mol. The summed E-state index contributed by atoms with van der Waals surface area (Å²) in [5, 5.41) is 0. The van der Waals surface area contributed by atoms with E-state index < -0.39 is 0 Å². The Morgan fingerprint density at radius 3 is 2.62 bits per heavy atom. The normalized spacial score (nSPS) is 10.2. The standard InChI is InChI=1S/C12H20N2O2/c1-4-14(8-9-15-2)10-6-5-7-11(16-3)12(10)13/h5-7H,4,8-9,13H2,1-3H3. The first kappa shape index (κ1) is 12.6. The van der Waals surface area contributed by atoms with Crippen LogP contribution in [0.25, 0.3) is 0 Å². The Kier molecular flexibility index (Phi) is 4.92. The van der Waals surface area contributed by atoms with Gasteiger partial charge in [-0.15, -0.1) is 0 Å². The number of methoxy groups -OCH3 is 2. The van der Waals surface area contributed by atoms with Gasteiger partial charge in [-0.05, 0) is 19.1 Å². The maximum absolute atomic E-state index is 6.03. The van der Waals surface area contributed by atoms with Crippen LogP contribution >= 0.6 is 0 Å². The van der Waals surface area contributed by atoms with Gasteiger partial charge in [0.2, 0.25) is 0 Å². The summed E-state index contributed by atoms with van der Waals surface area (Å²) < 4.78 is 10.3. The molecule has 4 nitrogen and oxygen atoms in total. The molecule has 0 heterocycles. The lowest BCUT2D eigenvalue weighted by atomic mass is 10.2.